The third-order valence-electron chi connectivity index (χ3n) is 4.25. The van der Waals surface area contributed by atoms with Crippen molar-refractivity contribution in [3.05, 3.63) is 46.7 Å². The van der Waals surface area contributed by atoms with E-state index in [4.69, 9.17) is 21.1 Å². The predicted molar refractivity (Wildman–Crippen MR) is 94.6 cm³/mol. The van der Waals surface area contributed by atoms with Gasteiger partial charge in [-0.2, -0.15) is 18.2 Å². The second-order valence-corrected chi connectivity index (χ2v) is 6.64. The van der Waals surface area contributed by atoms with E-state index in [0.29, 0.717) is 35.7 Å². The average Bonchev–Trinajstić information content (AvgIpc) is 2.67. The Labute approximate surface area is 164 Å². The summed E-state index contributed by atoms with van der Waals surface area (Å²) in [6, 6.07) is 5.14. The molecule has 6 nitrogen and oxygen atoms in total. The van der Waals surface area contributed by atoms with Crippen LogP contribution in [0.4, 0.5) is 13.2 Å². The number of piperidine rings is 1. The zero-order chi connectivity index (χ0) is 20.3. The molecule has 1 unspecified atom stereocenters. The number of aromatic nitrogens is 2. The average molecular weight is 416 g/mol. The maximum Gasteiger partial charge on any atom is 0.433 e. The zero-order valence-corrected chi connectivity index (χ0v) is 15.6. The molecule has 1 aliphatic rings. The van der Waals surface area contributed by atoms with Crippen molar-refractivity contribution in [3.63, 3.8) is 0 Å². The van der Waals surface area contributed by atoms with Crippen molar-refractivity contribution in [1.82, 2.24) is 14.9 Å². The molecule has 10 heteroatoms. The number of benzene rings is 1. The van der Waals surface area contributed by atoms with Crippen molar-refractivity contribution in [3.8, 4) is 11.8 Å². The highest BCUT2D eigenvalue weighted by molar-refractivity contribution is 6.31. The lowest BCUT2D eigenvalue weighted by atomic mass is 10.1. The van der Waals surface area contributed by atoms with E-state index in [1.807, 2.05) is 0 Å². The van der Waals surface area contributed by atoms with Crippen molar-refractivity contribution in [2.75, 3.05) is 20.2 Å². The molecule has 1 atom stereocenters. The molecule has 2 aromatic rings. The molecule has 1 aliphatic heterocycles. The molecule has 2 heterocycles. The van der Waals surface area contributed by atoms with Crippen LogP contribution in [0.2, 0.25) is 5.02 Å². The third kappa shape index (κ3) is 4.64. The number of ether oxygens (including phenoxy) is 2. The van der Waals surface area contributed by atoms with Crippen molar-refractivity contribution in [2.45, 2.75) is 25.1 Å². The third-order valence-corrected chi connectivity index (χ3v) is 4.49. The van der Waals surface area contributed by atoms with Gasteiger partial charge in [0, 0.05) is 17.8 Å². The van der Waals surface area contributed by atoms with Crippen LogP contribution in [0.1, 0.15) is 28.9 Å². The highest BCUT2D eigenvalue weighted by Crippen LogP contribution is 2.29. The first-order chi connectivity index (χ1) is 13.3. The lowest BCUT2D eigenvalue weighted by molar-refractivity contribution is -0.141. The predicted octanol–water partition coefficient (Wildman–Crippen LogP) is 3.84. The van der Waals surface area contributed by atoms with E-state index in [1.165, 1.54) is 13.2 Å². The van der Waals surface area contributed by atoms with Crippen LogP contribution in [-0.2, 0) is 6.18 Å². The first-order valence-corrected chi connectivity index (χ1v) is 8.85. The molecule has 1 fully saturated rings. The van der Waals surface area contributed by atoms with E-state index < -0.39 is 18.0 Å². The number of hydrogen-bond donors (Lipinski definition) is 0. The summed E-state index contributed by atoms with van der Waals surface area (Å²) in [5.74, 6) is 0.0938. The molecule has 0 N–H and O–H groups in total. The Balaban J connectivity index is 1.73. The summed E-state index contributed by atoms with van der Waals surface area (Å²) in [5.41, 5.74) is -0.768. The molecule has 0 spiro atoms. The van der Waals surface area contributed by atoms with Crippen LogP contribution < -0.4 is 9.47 Å². The number of methoxy groups -OCH3 is 1. The molecule has 1 aromatic heterocycles. The molecular formula is C18H17ClF3N3O3. The van der Waals surface area contributed by atoms with Crippen LogP contribution in [-0.4, -0.2) is 47.1 Å². The normalized spacial score (nSPS) is 17.3. The number of likely N-dealkylation sites (tertiary alicyclic amines) is 1. The molecule has 1 aromatic carbocycles. The quantitative estimate of drug-likeness (QED) is 0.759. The Hall–Kier alpha value is -2.55. The van der Waals surface area contributed by atoms with Crippen LogP contribution >= 0.6 is 11.6 Å². The fourth-order valence-corrected chi connectivity index (χ4v) is 3.11. The summed E-state index contributed by atoms with van der Waals surface area (Å²) in [4.78, 5) is 21.6. The molecule has 150 valence electrons. The number of amides is 1. The van der Waals surface area contributed by atoms with Gasteiger partial charge in [0.1, 0.15) is 11.9 Å². The van der Waals surface area contributed by atoms with E-state index in [1.54, 1.807) is 17.0 Å². The Kier molecular flexibility index (Phi) is 5.93. The number of carbonyl (C=O) groups excluding carboxylic acids is 1. The summed E-state index contributed by atoms with van der Waals surface area (Å²) in [7, 11) is 1.45. The van der Waals surface area contributed by atoms with Gasteiger partial charge in [-0.25, -0.2) is 4.98 Å². The topological polar surface area (TPSA) is 64.5 Å². The first kappa shape index (κ1) is 20.2. The van der Waals surface area contributed by atoms with Gasteiger partial charge in [-0.1, -0.05) is 11.6 Å². The Morgan fingerprint density at radius 3 is 2.82 bits per heavy atom. The maximum atomic E-state index is 12.9. The van der Waals surface area contributed by atoms with Gasteiger partial charge in [0.25, 0.3) is 5.91 Å². The Bertz CT molecular complexity index is 863. The highest BCUT2D eigenvalue weighted by atomic mass is 35.5. The van der Waals surface area contributed by atoms with Crippen molar-refractivity contribution < 1.29 is 27.4 Å². The molecule has 28 heavy (non-hydrogen) atoms. The molecule has 0 saturated carbocycles. The number of halogens is 4. The maximum absolute atomic E-state index is 12.9. The minimum atomic E-state index is -4.58. The van der Waals surface area contributed by atoms with E-state index in [-0.39, 0.29) is 18.5 Å². The lowest BCUT2D eigenvalue weighted by Crippen LogP contribution is -2.44. The molecule has 3 rings (SSSR count). The number of hydrogen-bond acceptors (Lipinski definition) is 5. The Morgan fingerprint density at radius 1 is 1.32 bits per heavy atom. The second kappa shape index (κ2) is 8.22. The lowest BCUT2D eigenvalue weighted by Gasteiger charge is -2.32. The molecule has 0 aliphatic carbocycles. The van der Waals surface area contributed by atoms with Crippen molar-refractivity contribution in [1.29, 1.82) is 0 Å². The minimum absolute atomic E-state index is 0.189. The van der Waals surface area contributed by atoms with Crippen LogP contribution in [0.3, 0.4) is 0 Å². The van der Waals surface area contributed by atoms with Crippen LogP contribution in [0.15, 0.2) is 30.5 Å². The van der Waals surface area contributed by atoms with Gasteiger partial charge in [0.05, 0.1) is 19.2 Å². The van der Waals surface area contributed by atoms with Gasteiger partial charge in [-0.15, -0.1) is 0 Å². The van der Waals surface area contributed by atoms with E-state index in [9.17, 15) is 18.0 Å². The number of carbonyl (C=O) groups is 1. The standard InChI is InChI=1S/C18H17ClF3N3O3/c1-27-14-5-4-11(19)9-13(14)16(26)25-8-2-3-12(10-25)28-17-23-7-6-15(24-17)18(20,21)22/h4-7,9,12H,2-3,8,10H2,1H3. The van der Waals surface area contributed by atoms with Crippen LogP contribution in [0, 0.1) is 0 Å². The monoisotopic (exact) mass is 415 g/mol. The fraction of sp³-hybridized carbons (Fsp3) is 0.389. The van der Waals surface area contributed by atoms with Crippen molar-refractivity contribution in [2.24, 2.45) is 0 Å². The summed E-state index contributed by atoms with van der Waals surface area (Å²) in [6.45, 7) is 0.673. The molecular weight excluding hydrogens is 399 g/mol. The van der Waals surface area contributed by atoms with Crippen molar-refractivity contribution >= 4 is 17.5 Å². The van der Waals surface area contributed by atoms with Gasteiger partial charge < -0.3 is 14.4 Å². The van der Waals surface area contributed by atoms with Gasteiger partial charge in [0.2, 0.25) is 0 Å². The van der Waals surface area contributed by atoms with E-state index >= 15 is 0 Å². The second-order valence-electron chi connectivity index (χ2n) is 6.20. The van der Waals surface area contributed by atoms with E-state index in [0.717, 1.165) is 12.3 Å². The smallest absolute Gasteiger partial charge is 0.433 e. The van der Waals surface area contributed by atoms with Gasteiger partial charge in [0.15, 0.2) is 5.69 Å². The SMILES string of the molecule is COc1ccc(Cl)cc1C(=O)N1CCCC(Oc2nccc(C(F)(F)F)n2)C1. The largest absolute Gasteiger partial charge is 0.496 e. The summed E-state index contributed by atoms with van der Waals surface area (Å²) in [5, 5.41) is 0.395. The van der Waals surface area contributed by atoms with Crippen LogP contribution in [0.5, 0.6) is 11.8 Å². The van der Waals surface area contributed by atoms with Gasteiger partial charge in [-0.3, -0.25) is 4.79 Å². The Morgan fingerprint density at radius 2 is 2.11 bits per heavy atom. The number of rotatable bonds is 4. The molecule has 1 saturated heterocycles. The summed E-state index contributed by atoms with van der Waals surface area (Å²) < 4.78 is 49.1. The minimum Gasteiger partial charge on any atom is -0.496 e. The number of alkyl halides is 3. The first-order valence-electron chi connectivity index (χ1n) is 8.47. The fourth-order valence-electron chi connectivity index (χ4n) is 2.94. The van der Waals surface area contributed by atoms with Gasteiger partial charge in [-0.05, 0) is 37.1 Å². The van der Waals surface area contributed by atoms with E-state index in [2.05, 4.69) is 9.97 Å². The number of nitrogens with zero attached hydrogens (tertiary/aromatic N) is 3. The molecule has 1 amide bonds. The highest BCUT2D eigenvalue weighted by Gasteiger charge is 2.34. The summed E-state index contributed by atoms with van der Waals surface area (Å²) >= 11 is 5.98. The van der Waals surface area contributed by atoms with Gasteiger partial charge >= 0.3 is 12.2 Å². The molecule has 0 radical (unpaired) electrons. The summed E-state index contributed by atoms with van der Waals surface area (Å²) in [6.07, 6.45) is -2.92. The van der Waals surface area contributed by atoms with Crippen LogP contribution in [0.25, 0.3) is 0 Å². The zero-order valence-electron chi connectivity index (χ0n) is 14.9. The molecule has 0 bridgehead atoms.